The van der Waals surface area contributed by atoms with Gasteiger partial charge in [0.2, 0.25) is 0 Å². The van der Waals surface area contributed by atoms with Crippen molar-refractivity contribution >= 4 is 11.6 Å². The van der Waals surface area contributed by atoms with Crippen molar-refractivity contribution in [3.8, 4) is 0 Å². The molecule has 0 aromatic heterocycles. The van der Waals surface area contributed by atoms with Gasteiger partial charge in [0.15, 0.2) is 0 Å². The van der Waals surface area contributed by atoms with Crippen LogP contribution in [0.25, 0.3) is 0 Å². The highest BCUT2D eigenvalue weighted by Gasteiger charge is 2.11. The van der Waals surface area contributed by atoms with Crippen molar-refractivity contribution in [1.82, 2.24) is 5.32 Å². The maximum absolute atomic E-state index is 6.14. The van der Waals surface area contributed by atoms with Crippen LogP contribution in [0, 0.1) is 6.92 Å². The predicted octanol–water partition coefficient (Wildman–Crippen LogP) is 4.27. The molecule has 0 spiro atoms. The first-order chi connectivity index (χ1) is 7.54. The fraction of sp³-hybridized carbons (Fsp3) is 0.429. The van der Waals surface area contributed by atoms with Gasteiger partial charge in [0, 0.05) is 11.1 Å². The molecule has 0 fully saturated rings. The molecular weight excluding hydrogens is 218 g/mol. The maximum atomic E-state index is 6.14. The lowest BCUT2D eigenvalue weighted by Crippen LogP contribution is -2.21. The Morgan fingerprint density at radius 1 is 1.50 bits per heavy atom. The highest BCUT2D eigenvalue weighted by atomic mass is 35.5. The summed E-state index contributed by atoms with van der Waals surface area (Å²) >= 11 is 6.14. The van der Waals surface area contributed by atoms with E-state index < -0.39 is 0 Å². The van der Waals surface area contributed by atoms with Crippen molar-refractivity contribution in [2.45, 2.75) is 33.2 Å². The summed E-state index contributed by atoms with van der Waals surface area (Å²) in [5.74, 6) is 0. The van der Waals surface area contributed by atoms with E-state index in [1.165, 1.54) is 11.1 Å². The monoisotopic (exact) mass is 237 g/mol. The Hall–Kier alpha value is -0.790. The molecule has 0 saturated heterocycles. The fourth-order valence-corrected chi connectivity index (χ4v) is 1.92. The van der Waals surface area contributed by atoms with Gasteiger partial charge in [-0.25, -0.2) is 0 Å². The van der Waals surface area contributed by atoms with Crippen LogP contribution in [-0.2, 0) is 0 Å². The quantitative estimate of drug-likeness (QED) is 0.755. The number of nitrogens with one attached hydrogen (secondary N) is 1. The van der Waals surface area contributed by atoms with E-state index in [0.29, 0.717) is 6.04 Å². The van der Waals surface area contributed by atoms with E-state index in [2.05, 4.69) is 37.9 Å². The minimum Gasteiger partial charge on any atom is -0.310 e. The molecule has 88 valence electrons. The smallest absolute Gasteiger partial charge is 0.0438 e. The van der Waals surface area contributed by atoms with Gasteiger partial charge in [-0.05, 0) is 44.0 Å². The molecule has 1 aromatic carbocycles. The number of hydrogen-bond donors (Lipinski definition) is 1. The molecule has 1 atom stereocenters. The number of benzene rings is 1. The molecule has 0 amide bonds. The highest BCUT2D eigenvalue weighted by molar-refractivity contribution is 6.31. The summed E-state index contributed by atoms with van der Waals surface area (Å²) in [6, 6.07) is 6.58. The number of hydrogen-bond acceptors (Lipinski definition) is 1. The molecule has 1 nitrogen and oxygen atoms in total. The van der Waals surface area contributed by atoms with Gasteiger partial charge in [-0.2, -0.15) is 0 Å². The molecule has 1 unspecified atom stereocenters. The number of rotatable bonds is 5. The second-order valence-corrected chi connectivity index (χ2v) is 4.69. The molecule has 0 heterocycles. The van der Waals surface area contributed by atoms with Gasteiger partial charge < -0.3 is 5.32 Å². The minimum absolute atomic E-state index is 0.320. The van der Waals surface area contributed by atoms with Crippen molar-refractivity contribution in [3.63, 3.8) is 0 Å². The fourth-order valence-electron chi connectivity index (χ4n) is 1.73. The topological polar surface area (TPSA) is 12.0 Å². The third-order valence-corrected chi connectivity index (χ3v) is 3.01. The Bertz CT molecular complexity index is 371. The van der Waals surface area contributed by atoms with E-state index in [1.54, 1.807) is 0 Å². The highest BCUT2D eigenvalue weighted by Crippen LogP contribution is 2.25. The van der Waals surface area contributed by atoms with E-state index in [9.17, 15) is 0 Å². The molecule has 0 aliphatic heterocycles. The zero-order chi connectivity index (χ0) is 12.1. The number of aryl methyl sites for hydroxylation is 1. The summed E-state index contributed by atoms with van der Waals surface area (Å²) in [5.41, 5.74) is 3.54. The van der Waals surface area contributed by atoms with Crippen LogP contribution < -0.4 is 5.32 Å². The molecular formula is C14H20ClN. The van der Waals surface area contributed by atoms with E-state index >= 15 is 0 Å². The molecule has 0 aliphatic carbocycles. The molecule has 0 bridgehead atoms. The summed E-state index contributed by atoms with van der Waals surface area (Å²) in [7, 11) is 0. The zero-order valence-electron chi connectivity index (χ0n) is 10.3. The Kier molecular flexibility index (Phi) is 5.04. The molecule has 0 aliphatic rings. The molecule has 0 saturated carbocycles. The van der Waals surface area contributed by atoms with Gasteiger partial charge in [0.05, 0.1) is 0 Å². The normalized spacial score (nSPS) is 12.5. The van der Waals surface area contributed by atoms with Crippen molar-refractivity contribution in [2.75, 3.05) is 6.54 Å². The molecule has 0 radical (unpaired) electrons. The first-order valence-corrected chi connectivity index (χ1v) is 6.06. The summed E-state index contributed by atoms with van der Waals surface area (Å²) in [4.78, 5) is 0. The van der Waals surface area contributed by atoms with E-state index in [-0.39, 0.29) is 0 Å². The van der Waals surface area contributed by atoms with Gasteiger partial charge in [-0.15, -0.1) is 6.58 Å². The molecule has 1 aromatic rings. The van der Waals surface area contributed by atoms with E-state index in [4.69, 9.17) is 11.6 Å². The van der Waals surface area contributed by atoms with Gasteiger partial charge in [-0.1, -0.05) is 36.2 Å². The zero-order valence-corrected chi connectivity index (χ0v) is 11.1. The van der Waals surface area contributed by atoms with Crippen LogP contribution in [0.3, 0.4) is 0 Å². The molecule has 1 rings (SSSR count). The Morgan fingerprint density at radius 2 is 2.19 bits per heavy atom. The van der Waals surface area contributed by atoms with Crippen molar-refractivity contribution in [3.05, 3.63) is 46.5 Å². The van der Waals surface area contributed by atoms with Gasteiger partial charge in [0.25, 0.3) is 0 Å². The van der Waals surface area contributed by atoms with Crippen molar-refractivity contribution in [2.24, 2.45) is 0 Å². The largest absolute Gasteiger partial charge is 0.310 e. The van der Waals surface area contributed by atoms with Crippen LogP contribution in [0.4, 0.5) is 0 Å². The second kappa shape index (κ2) is 6.07. The van der Waals surface area contributed by atoms with Crippen LogP contribution in [-0.4, -0.2) is 6.54 Å². The van der Waals surface area contributed by atoms with E-state index in [1.807, 2.05) is 13.0 Å². The van der Waals surface area contributed by atoms with Gasteiger partial charge >= 0.3 is 0 Å². The molecule has 1 N–H and O–H groups in total. The first-order valence-electron chi connectivity index (χ1n) is 5.68. The van der Waals surface area contributed by atoms with Crippen LogP contribution in [0.5, 0.6) is 0 Å². The lowest BCUT2D eigenvalue weighted by molar-refractivity contribution is 0.548. The SMILES string of the molecule is C=C(C)CC(NCC)c1ccc(C)c(Cl)c1. The summed E-state index contributed by atoms with van der Waals surface area (Å²) in [6.45, 7) is 11.1. The Balaban J connectivity index is 2.91. The summed E-state index contributed by atoms with van der Waals surface area (Å²) in [6.07, 6.45) is 0.952. The third kappa shape index (κ3) is 3.66. The second-order valence-electron chi connectivity index (χ2n) is 4.28. The van der Waals surface area contributed by atoms with Crippen molar-refractivity contribution < 1.29 is 0 Å². The van der Waals surface area contributed by atoms with Crippen LogP contribution >= 0.6 is 11.6 Å². The minimum atomic E-state index is 0.320. The van der Waals surface area contributed by atoms with Gasteiger partial charge in [0.1, 0.15) is 0 Å². The standard InChI is InChI=1S/C14H20ClN/c1-5-16-14(8-10(2)3)12-7-6-11(4)13(15)9-12/h6-7,9,14,16H,2,5,8H2,1,3-4H3. The maximum Gasteiger partial charge on any atom is 0.0438 e. The Labute approximate surface area is 104 Å². The van der Waals surface area contributed by atoms with Crippen LogP contribution in [0.2, 0.25) is 5.02 Å². The lowest BCUT2D eigenvalue weighted by atomic mass is 9.99. The van der Waals surface area contributed by atoms with Crippen molar-refractivity contribution in [1.29, 1.82) is 0 Å². The van der Waals surface area contributed by atoms with E-state index in [0.717, 1.165) is 23.6 Å². The first kappa shape index (κ1) is 13.3. The van der Waals surface area contributed by atoms with Gasteiger partial charge in [-0.3, -0.25) is 0 Å². The predicted molar refractivity (Wildman–Crippen MR) is 72.0 cm³/mol. The summed E-state index contributed by atoms with van der Waals surface area (Å²) in [5, 5.41) is 4.29. The lowest BCUT2D eigenvalue weighted by Gasteiger charge is -2.19. The molecule has 16 heavy (non-hydrogen) atoms. The third-order valence-electron chi connectivity index (χ3n) is 2.60. The Morgan fingerprint density at radius 3 is 2.69 bits per heavy atom. The molecule has 2 heteroatoms. The van der Waals surface area contributed by atoms with Crippen LogP contribution in [0.1, 0.15) is 37.4 Å². The average Bonchev–Trinajstić information content (AvgIpc) is 2.21. The average molecular weight is 238 g/mol. The van der Waals surface area contributed by atoms with Crippen LogP contribution in [0.15, 0.2) is 30.4 Å². The number of halogens is 1. The summed E-state index contributed by atoms with van der Waals surface area (Å²) < 4.78 is 0.